The Balaban J connectivity index is 3.78. The van der Waals surface area contributed by atoms with Crippen LogP contribution in [0.2, 0.25) is 0 Å². The third kappa shape index (κ3) is 5.97. The van der Waals surface area contributed by atoms with Gasteiger partial charge in [-0.05, 0) is 27.7 Å². The van der Waals surface area contributed by atoms with Crippen LogP contribution in [0, 0.1) is 16.7 Å². The Morgan fingerprint density at radius 1 is 1.54 bits per heavy atom. The molecule has 0 heterocycles. The molecule has 4 heteroatoms. The number of carbonyl (C=O) groups excluding carboxylic acids is 1. The molecule has 0 aliphatic heterocycles. The van der Waals surface area contributed by atoms with Crippen LogP contribution in [0.3, 0.4) is 0 Å². The van der Waals surface area contributed by atoms with Crippen molar-refractivity contribution >= 4 is 6.03 Å². The molecule has 0 saturated heterocycles. The molecule has 0 aromatic carbocycles. The molecule has 0 aliphatic rings. The summed E-state index contributed by atoms with van der Waals surface area (Å²) in [4.78, 5) is 11.1. The summed E-state index contributed by atoms with van der Waals surface area (Å²) in [5.74, 6) is 0. The van der Waals surface area contributed by atoms with Crippen molar-refractivity contribution in [3.8, 4) is 6.07 Å². The Hall–Kier alpha value is -1.24. The maximum absolute atomic E-state index is 11.1. The van der Waals surface area contributed by atoms with Crippen molar-refractivity contribution in [2.75, 3.05) is 6.54 Å². The lowest BCUT2D eigenvalue weighted by molar-refractivity contribution is 0.235. The van der Waals surface area contributed by atoms with Crippen LogP contribution in [0.4, 0.5) is 4.79 Å². The number of carbonyl (C=O) groups is 1. The maximum atomic E-state index is 11.1. The second-order valence-corrected chi connectivity index (χ2v) is 3.98. The Kier molecular flexibility index (Phi) is 4.26. The first kappa shape index (κ1) is 11.8. The van der Waals surface area contributed by atoms with E-state index < -0.39 is 5.41 Å². The minimum atomic E-state index is -0.506. The molecule has 2 amide bonds. The van der Waals surface area contributed by atoms with Gasteiger partial charge in [-0.2, -0.15) is 5.26 Å². The van der Waals surface area contributed by atoms with E-state index in [-0.39, 0.29) is 12.1 Å². The van der Waals surface area contributed by atoms with Gasteiger partial charge in [-0.25, -0.2) is 4.79 Å². The minimum Gasteiger partial charge on any atom is -0.337 e. The Morgan fingerprint density at radius 2 is 2.08 bits per heavy atom. The zero-order valence-electron chi connectivity index (χ0n) is 8.64. The molecule has 0 aliphatic carbocycles. The Bertz CT molecular complexity index is 215. The van der Waals surface area contributed by atoms with Crippen molar-refractivity contribution in [2.45, 2.75) is 33.7 Å². The standard InChI is InChI=1S/C9H17N3O/c1-7(2)12-8(13)11-6-9(3,4)5-10/h7H,6H2,1-4H3,(H2,11,12,13). The minimum absolute atomic E-state index is 0.116. The average Bonchev–Trinajstić information content (AvgIpc) is 2.00. The number of hydrogen-bond acceptors (Lipinski definition) is 2. The third-order valence-corrected chi connectivity index (χ3v) is 1.41. The van der Waals surface area contributed by atoms with Crippen LogP contribution in [0.5, 0.6) is 0 Å². The maximum Gasteiger partial charge on any atom is 0.315 e. The van der Waals surface area contributed by atoms with Crippen LogP contribution in [0.15, 0.2) is 0 Å². The van der Waals surface area contributed by atoms with Gasteiger partial charge in [0.05, 0.1) is 11.5 Å². The molecule has 0 saturated carbocycles. The molecular weight excluding hydrogens is 166 g/mol. The molecule has 2 N–H and O–H groups in total. The van der Waals surface area contributed by atoms with Crippen molar-refractivity contribution in [3.05, 3.63) is 0 Å². The lowest BCUT2D eigenvalue weighted by Gasteiger charge is -2.17. The van der Waals surface area contributed by atoms with E-state index in [1.165, 1.54) is 0 Å². The molecule has 0 atom stereocenters. The summed E-state index contributed by atoms with van der Waals surface area (Å²) in [5.41, 5.74) is -0.506. The van der Waals surface area contributed by atoms with Crippen molar-refractivity contribution in [2.24, 2.45) is 5.41 Å². The van der Waals surface area contributed by atoms with Gasteiger partial charge in [0, 0.05) is 12.6 Å². The Morgan fingerprint density at radius 3 is 2.46 bits per heavy atom. The van der Waals surface area contributed by atoms with Crippen molar-refractivity contribution in [3.63, 3.8) is 0 Å². The summed E-state index contributed by atoms with van der Waals surface area (Å²) < 4.78 is 0. The highest BCUT2D eigenvalue weighted by molar-refractivity contribution is 5.74. The zero-order chi connectivity index (χ0) is 10.5. The fourth-order valence-electron chi connectivity index (χ4n) is 0.654. The number of nitrogens with one attached hydrogen (secondary N) is 2. The van der Waals surface area contributed by atoms with Gasteiger partial charge in [-0.3, -0.25) is 0 Å². The largest absolute Gasteiger partial charge is 0.337 e. The number of nitriles is 1. The van der Waals surface area contributed by atoms with Gasteiger partial charge < -0.3 is 10.6 Å². The van der Waals surface area contributed by atoms with E-state index in [2.05, 4.69) is 16.7 Å². The summed E-state index contributed by atoms with van der Waals surface area (Å²) in [7, 11) is 0. The van der Waals surface area contributed by atoms with E-state index in [1.807, 2.05) is 13.8 Å². The van der Waals surface area contributed by atoms with Gasteiger partial charge in [0.25, 0.3) is 0 Å². The summed E-state index contributed by atoms with van der Waals surface area (Å²) >= 11 is 0. The highest BCUT2D eigenvalue weighted by Gasteiger charge is 2.17. The number of nitrogens with zero attached hydrogens (tertiary/aromatic N) is 1. The van der Waals surface area contributed by atoms with Crippen LogP contribution < -0.4 is 10.6 Å². The normalized spacial score (nSPS) is 10.8. The molecule has 0 radical (unpaired) electrons. The fourth-order valence-corrected chi connectivity index (χ4v) is 0.654. The van der Waals surface area contributed by atoms with E-state index in [0.29, 0.717) is 6.54 Å². The number of rotatable bonds is 3. The first-order chi connectivity index (χ1) is 5.87. The smallest absolute Gasteiger partial charge is 0.315 e. The second-order valence-electron chi connectivity index (χ2n) is 3.98. The average molecular weight is 183 g/mol. The highest BCUT2D eigenvalue weighted by Crippen LogP contribution is 2.10. The molecule has 74 valence electrons. The van der Waals surface area contributed by atoms with E-state index in [4.69, 9.17) is 5.26 Å². The van der Waals surface area contributed by atoms with Gasteiger partial charge in [0.1, 0.15) is 0 Å². The highest BCUT2D eigenvalue weighted by atomic mass is 16.2. The predicted molar refractivity (Wildman–Crippen MR) is 51.1 cm³/mol. The summed E-state index contributed by atoms with van der Waals surface area (Å²) in [6, 6.07) is 2.00. The van der Waals surface area contributed by atoms with Crippen molar-refractivity contribution < 1.29 is 4.79 Å². The topological polar surface area (TPSA) is 64.9 Å². The molecule has 0 aromatic heterocycles. The molecule has 13 heavy (non-hydrogen) atoms. The van der Waals surface area contributed by atoms with E-state index >= 15 is 0 Å². The summed E-state index contributed by atoms with van der Waals surface area (Å²) in [6.45, 7) is 7.69. The van der Waals surface area contributed by atoms with Crippen LogP contribution in [0.1, 0.15) is 27.7 Å². The van der Waals surface area contributed by atoms with Crippen molar-refractivity contribution in [1.29, 1.82) is 5.26 Å². The summed E-state index contributed by atoms with van der Waals surface area (Å²) in [5, 5.41) is 14.0. The number of urea groups is 1. The van der Waals surface area contributed by atoms with Gasteiger partial charge in [-0.15, -0.1) is 0 Å². The van der Waals surface area contributed by atoms with Crippen LogP contribution >= 0.6 is 0 Å². The van der Waals surface area contributed by atoms with E-state index in [9.17, 15) is 4.79 Å². The van der Waals surface area contributed by atoms with E-state index in [1.54, 1.807) is 13.8 Å². The molecule has 0 unspecified atom stereocenters. The first-order valence-electron chi connectivity index (χ1n) is 4.33. The van der Waals surface area contributed by atoms with Crippen molar-refractivity contribution in [1.82, 2.24) is 10.6 Å². The third-order valence-electron chi connectivity index (χ3n) is 1.41. The number of hydrogen-bond donors (Lipinski definition) is 2. The number of amides is 2. The van der Waals surface area contributed by atoms with Crippen LogP contribution in [-0.4, -0.2) is 18.6 Å². The Labute approximate surface area is 79.3 Å². The lowest BCUT2D eigenvalue weighted by Crippen LogP contribution is -2.43. The molecule has 0 bridgehead atoms. The SMILES string of the molecule is CC(C)NC(=O)NCC(C)(C)C#N. The summed E-state index contributed by atoms with van der Waals surface area (Å²) in [6.07, 6.45) is 0. The first-order valence-corrected chi connectivity index (χ1v) is 4.33. The second kappa shape index (κ2) is 4.70. The monoisotopic (exact) mass is 183 g/mol. The fraction of sp³-hybridized carbons (Fsp3) is 0.778. The predicted octanol–water partition coefficient (Wildman–Crippen LogP) is 1.24. The molecule has 0 spiro atoms. The van der Waals surface area contributed by atoms with Gasteiger partial charge in [-0.1, -0.05) is 0 Å². The van der Waals surface area contributed by atoms with Crippen LogP contribution in [0.25, 0.3) is 0 Å². The van der Waals surface area contributed by atoms with E-state index in [0.717, 1.165) is 0 Å². The van der Waals surface area contributed by atoms with Gasteiger partial charge >= 0.3 is 6.03 Å². The van der Waals surface area contributed by atoms with Crippen LogP contribution in [-0.2, 0) is 0 Å². The molecular formula is C9H17N3O. The quantitative estimate of drug-likeness (QED) is 0.691. The van der Waals surface area contributed by atoms with Gasteiger partial charge in [0.15, 0.2) is 0 Å². The lowest BCUT2D eigenvalue weighted by atomic mass is 9.96. The van der Waals surface area contributed by atoms with Gasteiger partial charge in [0.2, 0.25) is 0 Å². The molecule has 0 fully saturated rings. The molecule has 4 nitrogen and oxygen atoms in total. The molecule has 0 rings (SSSR count). The molecule has 0 aromatic rings. The zero-order valence-corrected chi connectivity index (χ0v) is 8.64.